The van der Waals surface area contributed by atoms with Crippen LogP contribution in [0.1, 0.15) is 76.6 Å². The standard InChI is InChI=1S/C25H30F6O/c1-7-21(3,4)16-10-9-11-17(14-16)23(24(26,27)28,25(29,30)31)18-12-13-20(32)19(15-18)22(5,6)8-2/h9-15,32H,7-8H2,1-6H3. The molecule has 1 nitrogen and oxygen atoms in total. The van der Waals surface area contributed by atoms with E-state index < -0.39 is 39.7 Å². The highest BCUT2D eigenvalue weighted by molar-refractivity contribution is 5.51. The smallest absolute Gasteiger partial charge is 0.411 e. The molecule has 0 aliphatic heterocycles. The highest BCUT2D eigenvalue weighted by Crippen LogP contribution is 2.57. The number of aromatic hydroxyl groups is 1. The molecule has 2 aromatic rings. The highest BCUT2D eigenvalue weighted by Gasteiger charge is 2.72. The van der Waals surface area contributed by atoms with Crippen molar-refractivity contribution < 1.29 is 31.4 Å². The van der Waals surface area contributed by atoms with E-state index in [1.54, 1.807) is 40.7 Å². The predicted molar refractivity (Wildman–Crippen MR) is 114 cm³/mol. The lowest BCUT2D eigenvalue weighted by Gasteiger charge is -2.40. The second-order valence-electron chi connectivity index (χ2n) is 9.53. The summed E-state index contributed by atoms with van der Waals surface area (Å²) >= 11 is 0. The number of phenolic OH excluding ortho intramolecular Hbond substituents is 1. The monoisotopic (exact) mass is 460 g/mol. The fourth-order valence-corrected chi connectivity index (χ4v) is 3.86. The first-order valence-corrected chi connectivity index (χ1v) is 10.5. The third kappa shape index (κ3) is 4.23. The lowest BCUT2D eigenvalue weighted by molar-refractivity contribution is -0.288. The van der Waals surface area contributed by atoms with Gasteiger partial charge in [-0.15, -0.1) is 0 Å². The van der Waals surface area contributed by atoms with E-state index in [9.17, 15) is 31.4 Å². The Balaban J connectivity index is 3.01. The summed E-state index contributed by atoms with van der Waals surface area (Å²) in [6.07, 6.45) is -10.4. The largest absolute Gasteiger partial charge is 0.508 e. The molecule has 0 heterocycles. The molecular weight excluding hydrogens is 430 g/mol. The minimum atomic E-state index is -5.68. The molecule has 1 N–H and O–H groups in total. The van der Waals surface area contributed by atoms with E-state index in [1.165, 1.54) is 6.07 Å². The van der Waals surface area contributed by atoms with E-state index in [4.69, 9.17) is 0 Å². The summed E-state index contributed by atoms with van der Waals surface area (Å²) in [6, 6.07) is 7.20. The zero-order valence-corrected chi connectivity index (χ0v) is 19.2. The minimum absolute atomic E-state index is 0.0421. The Morgan fingerprint density at radius 1 is 0.656 bits per heavy atom. The van der Waals surface area contributed by atoms with Gasteiger partial charge in [0.25, 0.3) is 0 Å². The quantitative estimate of drug-likeness (QED) is 0.431. The van der Waals surface area contributed by atoms with Crippen molar-refractivity contribution in [3.63, 3.8) is 0 Å². The minimum Gasteiger partial charge on any atom is -0.508 e. The van der Waals surface area contributed by atoms with E-state index in [-0.39, 0.29) is 11.3 Å². The van der Waals surface area contributed by atoms with Gasteiger partial charge in [0, 0.05) is 0 Å². The topological polar surface area (TPSA) is 20.2 Å². The van der Waals surface area contributed by atoms with Gasteiger partial charge in [-0.25, -0.2) is 0 Å². The Hall–Kier alpha value is -2.18. The van der Waals surface area contributed by atoms with Crippen LogP contribution < -0.4 is 0 Å². The Labute approximate surface area is 185 Å². The van der Waals surface area contributed by atoms with Crippen molar-refractivity contribution in [3.05, 3.63) is 64.7 Å². The molecule has 2 rings (SSSR count). The molecule has 0 bridgehead atoms. The molecule has 0 saturated carbocycles. The van der Waals surface area contributed by atoms with Crippen LogP contribution in [-0.4, -0.2) is 17.5 Å². The normalized spacial score (nSPS) is 14.0. The zero-order valence-electron chi connectivity index (χ0n) is 19.2. The number of halogens is 6. The predicted octanol–water partition coefficient (Wildman–Crippen LogP) is 8.18. The summed E-state index contributed by atoms with van der Waals surface area (Å²) in [5, 5.41) is 10.3. The van der Waals surface area contributed by atoms with Gasteiger partial charge in [-0.3, -0.25) is 0 Å². The number of alkyl halides is 6. The molecule has 178 valence electrons. The first-order chi connectivity index (χ1) is 14.5. The third-order valence-electron chi connectivity index (χ3n) is 6.85. The molecule has 0 atom stereocenters. The maximum atomic E-state index is 14.6. The SMILES string of the molecule is CCC(C)(C)c1cccc(C(c2ccc(O)c(C(C)(C)CC)c2)(C(F)(F)F)C(F)(F)F)c1. The fourth-order valence-electron chi connectivity index (χ4n) is 3.86. The molecule has 0 radical (unpaired) electrons. The van der Waals surface area contributed by atoms with Crippen molar-refractivity contribution in [2.45, 2.75) is 83.0 Å². The summed E-state index contributed by atoms with van der Waals surface area (Å²) in [5.41, 5.74) is -7.09. The van der Waals surface area contributed by atoms with E-state index in [1.807, 2.05) is 6.92 Å². The lowest BCUT2D eigenvalue weighted by atomic mass is 9.69. The van der Waals surface area contributed by atoms with Crippen LogP contribution >= 0.6 is 0 Å². The molecule has 0 spiro atoms. The Bertz CT molecular complexity index is 940. The van der Waals surface area contributed by atoms with Crippen LogP contribution in [0.5, 0.6) is 5.75 Å². The zero-order chi connectivity index (χ0) is 24.8. The van der Waals surface area contributed by atoms with Gasteiger partial charge in [-0.05, 0) is 58.1 Å². The van der Waals surface area contributed by atoms with Crippen LogP contribution in [0.15, 0.2) is 42.5 Å². The molecule has 32 heavy (non-hydrogen) atoms. The van der Waals surface area contributed by atoms with Gasteiger partial charge >= 0.3 is 12.4 Å². The fraction of sp³-hybridized carbons (Fsp3) is 0.520. The van der Waals surface area contributed by atoms with Crippen molar-refractivity contribution in [2.24, 2.45) is 0 Å². The number of benzene rings is 2. The molecular formula is C25H30F6O. The average Bonchev–Trinajstić information content (AvgIpc) is 2.67. The van der Waals surface area contributed by atoms with Gasteiger partial charge in [0.2, 0.25) is 5.41 Å². The van der Waals surface area contributed by atoms with Gasteiger partial charge in [0.05, 0.1) is 0 Å². The van der Waals surface area contributed by atoms with E-state index >= 15 is 0 Å². The first kappa shape index (κ1) is 26.1. The number of hydrogen-bond donors (Lipinski definition) is 1. The van der Waals surface area contributed by atoms with Gasteiger partial charge in [0.15, 0.2) is 0 Å². The molecule has 0 unspecified atom stereocenters. The molecule has 0 saturated heterocycles. The van der Waals surface area contributed by atoms with Gasteiger partial charge < -0.3 is 5.11 Å². The van der Waals surface area contributed by atoms with Gasteiger partial charge in [0.1, 0.15) is 5.75 Å². The summed E-state index contributed by atoms with van der Waals surface area (Å²) in [5.74, 6) is -0.334. The third-order valence-corrected chi connectivity index (χ3v) is 6.85. The number of hydrogen-bond acceptors (Lipinski definition) is 1. The summed E-state index contributed by atoms with van der Waals surface area (Å²) in [4.78, 5) is 0. The van der Waals surface area contributed by atoms with Crippen LogP contribution in [0.25, 0.3) is 0 Å². The second-order valence-corrected chi connectivity index (χ2v) is 9.53. The van der Waals surface area contributed by atoms with Crippen molar-refractivity contribution in [1.82, 2.24) is 0 Å². The number of phenols is 1. The molecule has 0 aromatic heterocycles. The van der Waals surface area contributed by atoms with Crippen LogP contribution in [0.4, 0.5) is 26.3 Å². The number of rotatable bonds is 6. The molecule has 0 aliphatic carbocycles. The van der Waals surface area contributed by atoms with Crippen molar-refractivity contribution in [3.8, 4) is 5.75 Å². The van der Waals surface area contributed by atoms with Crippen LogP contribution in [-0.2, 0) is 16.2 Å². The second kappa shape index (κ2) is 8.31. The summed E-state index contributed by atoms with van der Waals surface area (Å²) in [7, 11) is 0. The Morgan fingerprint density at radius 2 is 1.12 bits per heavy atom. The van der Waals surface area contributed by atoms with Gasteiger partial charge in [-0.2, -0.15) is 26.3 Å². The molecule has 7 heteroatoms. The Morgan fingerprint density at radius 3 is 1.59 bits per heavy atom. The van der Waals surface area contributed by atoms with Crippen molar-refractivity contribution in [1.29, 1.82) is 0 Å². The van der Waals surface area contributed by atoms with Crippen molar-refractivity contribution in [2.75, 3.05) is 0 Å². The van der Waals surface area contributed by atoms with Crippen molar-refractivity contribution >= 4 is 0 Å². The first-order valence-electron chi connectivity index (χ1n) is 10.5. The molecule has 0 fully saturated rings. The maximum absolute atomic E-state index is 14.6. The van der Waals surface area contributed by atoms with Crippen LogP contribution in [0.2, 0.25) is 0 Å². The lowest BCUT2D eigenvalue weighted by Crippen LogP contribution is -2.55. The summed E-state index contributed by atoms with van der Waals surface area (Å²) in [6.45, 7) is 10.5. The molecule has 0 amide bonds. The van der Waals surface area contributed by atoms with Crippen LogP contribution in [0, 0.1) is 0 Å². The Kier molecular flexibility index (Phi) is 6.77. The maximum Gasteiger partial charge on any atom is 0.411 e. The average molecular weight is 461 g/mol. The van der Waals surface area contributed by atoms with Gasteiger partial charge in [-0.1, -0.05) is 71.9 Å². The molecule has 2 aromatic carbocycles. The highest BCUT2D eigenvalue weighted by atomic mass is 19.4. The molecule has 0 aliphatic rings. The van der Waals surface area contributed by atoms with E-state index in [0.29, 0.717) is 18.4 Å². The summed E-state index contributed by atoms with van der Waals surface area (Å²) < 4.78 is 87.5. The van der Waals surface area contributed by atoms with E-state index in [2.05, 4.69) is 0 Å². The van der Waals surface area contributed by atoms with E-state index in [0.717, 1.165) is 30.3 Å². The van der Waals surface area contributed by atoms with Crippen LogP contribution in [0.3, 0.4) is 0 Å².